The van der Waals surface area contributed by atoms with Crippen molar-refractivity contribution in [1.82, 2.24) is 5.32 Å². The van der Waals surface area contributed by atoms with E-state index < -0.39 is 15.9 Å². The molecule has 1 atom stereocenters. The predicted octanol–water partition coefficient (Wildman–Crippen LogP) is 5.05. The van der Waals surface area contributed by atoms with Gasteiger partial charge in [0, 0.05) is 0 Å². The number of phenolic OH excluding ortho intramolecular Hbond substituents is 1. The molecule has 3 aromatic carbocycles. The van der Waals surface area contributed by atoms with Crippen molar-refractivity contribution in [3.8, 4) is 11.5 Å². The number of carbonyl (C=O) groups is 1. The molecule has 1 unspecified atom stereocenters. The third kappa shape index (κ3) is 4.33. The second-order valence-electron chi connectivity index (χ2n) is 5.54. The minimum Gasteiger partial charge on any atom is -0.507 e. The molecule has 26 heavy (non-hydrogen) atoms. The van der Waals surface area contributed by atoms with Crippen molar-refractivity contribution in [1.29, 1.82) is 0 Å². The summed E-state index contributed by atoms with van der Waals surface area (Å²) in [6.45, 7) is 0. The van der Waals surface area contributed by atoms with Gasteiger partial charge in [-0.05, 0) is 35.0 Å². The lowest BCUT2D eigenvalue weighted by Crippen LogP contribution is -2.47. The van der Waals surface area contributed by atoms with Crippen molar-refractivity contribution >= 4 is 51.5 Å². The van der Waals surface area contributed by atoms with Gasteiger partial charge in [-0.15, -0.1) is 0 Å². The summed E-state index contributed by atoms with van der Waals surface area (Å²) in [5.74, 6) is -0.378. The minimum absolute atomic E-state index is 0.0499. The summed E-state index contributed by atoms with van der Waals surface area (Å²) in [4.78, 5) is 12.4. The van der Waals surface area contributed by atoms with Crippen LogP contribution in [0.2, 0.25) is 0 Å². The van der Waals surface area contributed by atoms with E-state index >= 15 is 0 Å². The van der Waals surface area contributed by atoms with E-state index in [-0.39, 0.29) is 11.3 Å². The molecule has 0 fully saturated rings. The number of phenols is 1. The van der Waals surface area contributed by atoms with Crippen LogP contribution in [-0.4, -0.2) is 21.0 Å². The quantitative estimate of drug-likeness (QED) is 0.467. The Morgan fingerprint density at radius 3 is 2.31 bits per heavy atom. The number of amides is 1. The number of aromatic hydroxyl groups is 1. The molecule has 0 radical (unpaired) electrons. The van der Waals surface area contributed by atoms with Crippen molar-refractivity contribution in [2.75, 3.05) is 0 Å². The molecule has 3 rings (SSSR count). The maximum Gasteiger partial charge on any atom is 0.257 e. The number of carbonyl (C=O) groups excluding carboxylic acids is 1. The topological polar surface area (TPSA) is 58.6 Å². The Morgan fingerprint density at radius 1 is 0.962 bits per heavy atom. The van der Waals surface area contributed by atoms with E-state index in [0.717, 1.165) is 10.8 Å². The normalized spacial score (nSPS) is 12.6. The lowest BCUT2D eigenvalue weighted by molar-refractivity contribution is 0.0830. The second-order valence-corrected chi connectivity index (χ2v) is 7.91. The molecular formula is C19H14Cl3NO3. The van der Waals surface area contributed by atoms with Crippen LogP contribution in [0.15, 0.2) is 66.7 Å². The number of ether oxygens (including phenoxy) is 1. The van der Waals surface area contributed by atoms with Gasteiger partial charge in [0.2, 0.25) is 10.0 Å². The van der Waals surface area contributed by atoms with Crippen molar-refractivity contribution < 1.29 is 14.6 Å². The Bertz CT molecular complexity index is 940. The van der Waals surface area contributed by atoms with Crippen LogP contribution in [0.3, 0.4) is 0 Å². The highest BCUT2D eigenvalue weighted by Gasteiger charge is 2.36. The molecule has 0 saturated carbocycles. The van der Waals surface area contributed by atoms with Crippen LogP contribution in [0.4, 0.5) is 0 Å². The monoisotopic (exact) mass is 409 g/mol. The SMILES string of the molecule is O=C(NC(Oc1ccc2ccccc2c1)C(Cl)(Cl)Cl)c1ccccc1O. The number of benzene rings is 3. The molecule has 0 aliphatic rings. The van der Waals surface area contributed by atoms with E-state index in [2.05, 4.69) is 5.32 Å². The first-order chi connectivity index (χ1) is 12.3. The van der Waals surface area contributed by atoms with Gasteiger partial charge < -0.3 is 15.2 Å². The molecule has 0 aromatic heterocycles. The fourth-order valence-electron chi connectivity index (χ4n) is 2.42. The highest BCUT2D eigenvalue weighted by Crippen LogP contribution is 2.33. The molecule has 0 spiro atoms. The molecule has 0 aliphatic heterocycles. The average molecular weight is 411 g/mol. The Morgan fingerprint density at radius 2 is 1.62 bits per heavy atom. The fraction of sp³-hybridized carbons (Fsp3) is 0.105. The summed E-state index contributed by atoms with van der Waals surface area (Å²) >= 11 is 17.9. The standard InChI is InChI=1S/C19H14Cl3NO3/c20-19(21,22)18(23-17(25)15-7-3-4-8-16(15)24)26-14-10-9-12-5-1-2-6-13(12)11-14/h1-11,18,24H,(H,23,25). The van der Waals surface area contributed by atoms with Crippen LogP contribution in [0.1, 0.15) is 10.4 Å². The summed E-state index contributed by atoms with van der Waals surface area (Å²) in [7, 11) is 0. The highest BCUT2D eigenvalue weighted by molar-refractivity contribution is 6.68. The fourth-order valence-corrected chi connectivity index (χ4v) is 2.71. The lowest BCUT2D eigenvalue weighted by atomic mass is 10.1. The molecule has 2 N–H and O–H groups in total. The first kappa shape index (κ1) is 18.6. The van der Waals surface area contributed by atoms with Gasteiger partial charge in [-0.2, -0.15) is 0 Å². The number of hydrogen-bond acceptors (Lipinski definition) is 3. The number of nitrogens with one attached hydrogen (secondary N) is 1. The summed E-state index contributed by atoms with van der Waals surface area (Å²) in [6.07, 6.45) is -1.26. The van der Waals surface area contributed by atoms with Crippen molar-refractivity contribution in [2.45, 2.75) is 10.0 Å². The Balaban J connectivity index is 1.84. The molecule has 0 saturated heterocycles. The number of hydrogen-bond donors (Lipinski definition) is 2. The molecule has 1 amide bonds. The Hall–Kier alpha value is -2.14. The van der Waals surface area contributed by atoms with Crippen LogP contribution in [-0.2, 0) is 0 Å². The van der Waals surface area contributed by atoms with Crippen molar-refractivity contribution in [3.05, 3.63) is 72.3 Å². The lowest BCUT2D eigenvalue weighted by Gasteiger charge is -2.26. The van der Waals surface area contributed by atoms with E-state index in [1.807, 2.05) is 30.3 Å². The first-order valence-corrected chi connectivity index (χ1v) is 8.79. The van der Waals surface area contributed by atoms with E-state index in [1.165, 1.54) is 12.1 Å². The summed E-state index contributed by atoms with van der Waals surface area (Å²) in [6, 6.07) is 19.2. The zero-order valence-corrected chi connectivity index (χ0v) is 15.6. The van der Waals surface area contributed by atoms with E-state index in [9.17, 15) is 9.90 Å². The van der Waals surface area contributed by atoms with Gasteiger partial charge in [-0.3, -0.25) is 4.79 Å². The van der Waals surface area contributed by atoms with Gasteiger partial charge in [0.1, 0.15) is 11.5 Å². The summed E-state index contributed by atoms with van der Waals surface area (Å²) in [5.41, 5.74) is 0.0499. The van der Waals surface area contributed by atoms with E-state index in [0.29, 0.717) is 5.75 Å². The zero-order chi connectivity index (χ0) is 18.7. The first-order valence-electron chi connectivity index (χ1n) is 7.65. The van der Waals surface area contributed by atoms with E-state index in [1.54, 1.807) is 24.3 Å². The van der Waals surface area contributed by atoms with Gasteiger partial charge >= 0.3 is 0 Å². The average Bonchev–Trinajstić information content (AvgIpc) is 2.60. The Labute approximate surface area is 165 Å². The number of halogens is 3. The number of rotatable bonds is 4. The second kappa shape index (κ2) is 7.62. The molecule has 7 heteroatoms. The smallest absolute Gasteiger partial charge is 0.257 e. The van der Waals surface area contributed by atoms with Gasteiger partial charge in [0.05, 0.1) is 5.56 Å². The Kier molecular flexibility index (Phi) is 5.47. The minimum atomic E-state index is -1.92. The third-order valence-electron chi connectivity index (χ3n) is 3.68. The highest BCUT2D eigenvalue weighted by atomic mass is 35.6. The van der Waals surface area contributed by atoms with Crippen LogP contribution in [0.5, 0.6) is 11.5 Å². The molecule has 0 aliphatic carbocycles. The third-order valence-corrected chi connectivity index (χ3v) is 4.28. The molecule has 4 nitrogen and oxygen atoms in total. The van der Waals surface area contributed by atoms with Crippen molar-refractivity contribution in [2.24, 2.45) is 0 Å². The van der Waals surface area contributed by atoms with Crippen LogP contribution < -0.4 is 10.1 Å². The molecule has 0 heterocycles. The maximum absolute atomic E-state index is 12.4. The molecule has 0 bridgehead atoms. The maximum atomic E-state index is 12.4. The molecule has 3 aromatic rings. The summed E-state index contributed by atoms with van der Waals surface area (Å²) < 4.78 is 3.78. The zero-order valence-electron chi connectivity index (χ0n) is 13.3. The van der Waals surface area contributed by atoms with E-state index in [4.69, 9.17) is 39.5 Å². The largest absolute Gasteiger partial charge is 0.507 e. The number of alkyl halides is 3. The van der Waals surface area contributed by atoms with Gasteiger partial charge in [-0.1, -0.05) is 77.3 Å². The van der Waals surface area contributed by atoms with Gasteiger partial charge in [-0.25, -0.2) is 0 Å². The van der Waals surface area contributed by atoms with Crippen LogP contribution >= 0.6 is 34.8 Å². The number of para-hydroxylation sites is 1. The summed E-state index contributed by atoms with van der Waals surface area (Å²) in [5, 5.41) is 14.3. The number of fused-ring (bicyclic) bond motifs is 1. The van der Waals surface area contributed by atoms with Crippen LogP contribution in [0, 0.1) is 0 Å². The molecular weight excluding hydrogens is 397 g/mol. The van der Waals surface area contributed by atoms with Crippen molar-refractivity contribution in [3.63, 3.8) is 0 Å². The van der Waals surface area contributed by atoms with Gasteiger partial charge in [0.25, 0.3) is 5.91 Å². The predicted molar refractivity (Wildman–Crippen MR) is 104 cm³/mol. The van der Waals surface area contributed by atoms with Crippen LogP contribution in [0.25, 0.3) is 10.8 Å². The molecule has 134 valence electrons. The van der Waals surface area contributed by atoms with Gasteiger partial charge in [0.15, 0.2) is 0 Å².